The van der Waals surface area contributed by atoms with Crippen molar-refractivity contribution in [3.8, 4) is 17.0 Å². The number of carbonyl (C=O) groups is 1. The van der Waals surface area contributed by atoms with E-state index in [9.17, 15) is 18.0 Å². The van der Waals surface area contributed by atoms with Gasteiger partial charge in [0.05, 0.1) is 12.8 Å². The molecule has 152 valence electrons. The Labute approximate surface area is 165 Å². The summed E-state index contributed by atoms with van der Waals surface area (Å²) in [6.07, 6.45) is -0.823. The van der Waals surface area contributed by atoms with Gasteiger partial charge in [0.15, 0.2) is 12.1 Å². The molecule has 6 nitrogen and oxygen atoms in total. The van der Waals surface area contributed by atoms with Crippen molar-refractivity contribution >= 4 is 12.1 Å². The van der Waals surface area contributed by atoms with E-state index >= 15 is 0 Å². The number of methoxy groups -OCH3 is 1. The maximum Gasteiger partial charge on any atom is 0.408 e. The van der Waals surface area contributed by atoms with E-state index in [0.717, 1.165) is 11.0 Å². The van der Waals surface area contributed by atoms with Gasteiger partial charge in [-0.15, -0.1) is 0 Å². The van der Waals surface area contributed by atoms with Crippen LogP contribution < -0.4 is 9.64 Å². The first kappa shape index (κ1) is 20.4. The van der Waals surface area contributed by atoms with Crippen LogP contribution in [0.4, 0.5) is 19.0 Å². The Kier molecular flexibility index (Phi) is 5.86. The van der Waals surface area contributed by atoms with Crippen LogP contribution in [0.25, 0.3) is 11.3 Å². The van der Waals surface area contributed by atoms with Gasteiger partial charge in [-0.1, -0.05) is 12.1 Å². The minimum Gasteiger partial charge on any atom is -0.496 e. The third-order valence-electron chi connectivity index (χ3n) is 4.34. The van der Waals surface area contributed by atoms with Crippen LogP contribution in [0.2, 0.25) is 0 Å². The number of pyridine rings is 1. The van der Waals surface area contributed by atoms with Crippen molar-refractivity contribution in [3.05, 3.63) is 59.9 Å². The van der Waals surface area contributed by atoms with Crippen molar-refractivity contribution in [2.24, 2.45) is 0 Å². The van der Waals surface area contributed by atoms with Gasteiger partial charge in [0.2, 0.25) is 0 Å². The summed E-state index contributed by atoms with van der Waals surface area (Å²) in [5, 5.41) is 3.97. The summed E-state index contributed by atoms with van der Waals surface area (Å²) in [4.78, 5) is 17.7. The zero-order valence-corrected chi connectivity index (χ0v) is 15.8. The fourth-order valence-electron chi connectivity index (χ4n) is 3.00. The predicted octanol–water partition coefficient (Wildman–Crippen LogP) is 3.96. The van der Waals surface area contributed by atoms with Crippen LogP contribution in [0, 0.1) is 0 Å². The minimum absolute atomic E-state index is 0.221. The fraction of sp³-hybridized carbons (Fsp3) is 0.250. The quantitative estimate of drug-likeness (QED) is 0.558. The Morgan fingerprint density at radius 1 is 1.21 bits per heavy atom. The molecule has 0 aliphatic heterocycles. The Balaban J connectivity index is 1.95. The lowest BCUT2D eigenvalue weighted by atomic mass is 10.0. The average molecular weight is 404 g/mol. The zero-order valence-electron chi connectivity index (χ0n) is 15.8. The molecule has 2 heterocycles. The molecule has 0 amide bonds. The largest absolute Gasteiger partial charge is 0.496 e. The molecular weight excluding hydrogens is 385 g/mol. The minimum atomic E-state index is -4.35. The summed E-state index contributed by atoms with van der Waals surface area (Å²) in [6.45, 7) is -0.946. The average Bonchev–Trinajstić information content (AvgIpc) is 3.15. The van der Waals surface area contributed by atoms with Crippen LogP contribution in [0.15, 0.2) is 48.8 Å². The Morgan fingerprint density at radius 2 is 1.97 bits per heavy atom. The highest BCUT2D eigenvalue weighted by atomic mass is 19.4. The van der Waals surface area contributed by atoms with E-state index in [1.165, 1.54) is 18.5 Å². The lowest BCUT2D eigenvalue weighted by Gasteiger charge is -2.20. The number of carbonyl (C=O) groups excluding carboxylic acids is 1. The van der Waals surface area contributed by atoms with Crippen LogP contribution in [-0.4, -0.2) is 41.4 Å². The molecule has 0 radical (unpaired) electrons. The summed E-state index contributed by atoms with van der Waals surface area (Å²) in [6, 6.07) is 10.4. The van der Waals surface area contributed by atoms with E-state index in [0.29, 0.717) is 34.0 Å². The molecule has 0 spiro atoms. The van der Waals surface area contributed by atoms with Crippen molar-refractivity contribution in [1.82, 2.24) is 14.8 Å². The maximum atomic E-state index is 12.6. The molecule has 29 heavy (non-hydrogen) atoms. The van der Waals surface area contributed by atoms with Gasteiger partial charge in [0, 0.05) is 48.7 Å². The highest BCUT2D eigenvalue weighted by molar-refractivity contribution is 5.83. The number of hydrogen-bond donors (Lipinski definition) is 0. The first-order chi connectivity index (χ1) is 13.8. The first-order valence-corrected chi connectivity index (χ1v) is 8.70. The van der Waals surface area contributed by atoms with Crippen LogP contribution in [-0.2, 0) is 13.1 Å². The molecule has 2 aromatic heterocycles. The van der Waals surface area contributed by atoms with Crippen molar-refractivity contribution in [3.63, 3.8) is 0 Å². The highest BCUT2D eigenvalue weighted by Crippen LogP contribution is 2.32. The number of ether oxygens (including phenoxy) is 1. The Bertz CT molecular complexity index is 1000. The summed E-state index contributed by atoms with van der Waals surface area (Å²) < 4.78 is 44.0. The second-order valence-electron chi connectivity index (χ2n) is 6.39. The topological polar surface area (TPSA) is 60.2 Å². The molecular formula is C20H19F3N4O2. The van der Waals surface area contributed by atoms with E-state index < -0.39 is 12.7 Å². The molecule has 3 rings (SSSR count). The van der Waals surface area contributed by atoms with E-state index in [-0.39, 0.29) is 6.54 Å². The highest BCUT2D eigenvalue weighted by Gasteiger charge is 2.28. The van der Waals surface area contributed by atoms with E-state index in [2.05, 4.69) is 10.1 Å². The number of halogens is 3. The van der Waals surface area contributed by atoms with Crippen molar-refractivity contribution in [1.29, 1.82) is 0 Å². The molecule has 3 aromatic rings. The lowest BCUT2D eigenvalue weighted by Crippen LogP contribution is -2.21. The van der Waals surface area contributed by atoms with E-state index in [4.69, 9.17) is 4.74 Å². The molecule has 1 aromatic carbocycles. The van der Waals surface area contributed by atoms with Gasteiger partial charge in [-0.3, -0.25) is 14.5 Å². The van der Waals surface area contributed by atoms with Gasteiger partial charge in [-0.25, -0.2) is 0 Å². The fourth-order valence-corrected chi connectivity index (χ4v) is 3.00. The zero-order chi connectivity index (χ0) is 21.0. The standard InChI is InChI=1S/C20H19F3N4O2/c1-26(18-8-10-27(25-18)13-20(21,22)23)11-16-14(12-28)7-9-24-19(16)15-5-3-4-6-17(15)29-2/h3-10,12H,11,13H2,1-2H3. The van der Waals surface area contributed by atoms with E-state index in [1.807, 2.05) is 18.2 Å². The van der Waals surface area contributed by atoms with Crippen LogP contribution in [0.1, 0.15) is 15.9 Å². The third-order valence-corrected chi connectivity index (χ3v) is 4.34. The van der Waals surface area contributed by atoms with Crippen molar-refractivity contribution in [2.75, 3.05) is 19.1 Å². The normalized spacial score (nSPS) is 11.3. The number of anilines is 1. The number of aromatic nitrogens is 3. The molecule has 0 fully saturated rings. The number of hydrogen-bond acceptors (Lipinski definition) is 5. The monoisotopic (exact) mass is 404 g/mol. The van der Waals surface area contributed by atoms with Crippen molar-refractivity contribution < 1.29 is 22.7 Å². The molecule has 9 heteroatoms. The summed E-state index contributed by atoms with van der Waals surface area (Å²) in [5.41, 5.74) is 2.33. The second kappa shape index (κ2) is 8.34. The van der Waals surface area contributed by atoms with Gasteiger partial charge in [0.1, 0.15) is 12.3 Å². The molecule has 0 bridgehead atoms. The lowest BCUT2D eigenvalue weighted by molar-refractivity contribution is -0.142. The number of alkyl halides is 3. The SMILES string of the molecule is COc1ccccc1-c1nccc(C=O)c1CN(C)c1ccn(CC(F)(F)F)n1. The molecule has 0 atom stereocenters. The summed E-state index contributed by atoms with van der Waals surface area (Å²) in [7, 11) is 3.23. The number of benzene rings is 1. The molecule has 0 saturated heterocycles. The first-order valence-electron chi connectivity index (χ1n) is 8.70. The number of nitrogens with zero attached hydrogens (tertiary/aromatic N) is 4. The third kappa shape index (κ3) is 4.74. The van der Waals surface area contributed by atoms with Crippen LogP contribution >= 0.6 is 0 Å². The smallest absolute Gasteiger partial charge is 0.408 e. The van der Waals surface area contributed by atoms with Crippen LogP contribution in [0.5, 0.6) is 5.75 Å². The molecule has 0 saturated carbocycles. The maximum absolute atomic E-state index is 12.6. The van der Waals surface area contributed by atoms with Gasteiger partial charge in [-0.2, -0.15) is 18.3 Å². The Hall–Kier alpha value is -3.36. The number of rotatable bonds is 7. The van der Waals surface area contributed by atoms with Crippen LogP contribution in [0.3, 0.4) is 0 Å². The molecule has 0 aliphatic carbocycles. The van der Waals surface area contributed by atoms with Gasteiger partial charge in [-0.05, 0) is 18.2 Å². The molecule has 0 N–H and O–H groups in total. The van der Waals surface area contributed by atoms with E-state index in [1.54, 1.807) is 31.2 Å². The van der Waals surface area contributed by atoms with Gasteiger partial charge < -0.3 is 9.64 Å². The number of para-hydroxylation sites is 1. The predicted molar refractivity (Wildman–Crippen MR) is 102 cm³/mol. The number of aldehydes is 1. The Morgan fingerprint density at radius 3 is 2.66 bits per heavy atom. The molecule has 0 unspecified atom stereocenters. The van der Waals surface area contributed by atoms with Gasteiger partial charge >= 0.3 is 6.18 Å². The van der Waals surface area contributed by atoms with Gasteiger partial charge in [0.25, 0.3) is 0 Å². The molecule has 0 aliphatic rings. The summed E-state index contributed by atoms with van der Waals surface area (Å²) in [5.74, 6) is 0.947. The summed E-state index contributed by atoms with van der Waals surface area (Å²) >= 11 is 0. The van der Waals surface area contributed by atoms with Crippen molar-refractivity contribution in [2.45, 2.75) is 19.3 Å². The second-order valence-corrected chi connectivity index (χ2v) is 6.39.